The van der Waals surface area contributed by atoms with Crippen molar-refractivity contribution < 1.29 is 9.59 Å². The smallest absolute Gasteiger partial charge is 0.233 e. The van der Waals surface area contributed by atoms with Crippen molar-refractivity contribution in [3.8, 4) is 0 Å². The average Bonchev–Trinajstić information content (AvgIpc) is 3.01. The lowest BCUT2D eigenvalue weighted by molar-refractivity contribution is -0.121. The van der Waals surface area contributed by atoms with Crippen molar-refractivity contribution in [2.45, 2.75) is 32.1 Å². The molecule has 4 aromatic carbocycles. The van der Waals surface area contributed by atoms with Crippen LogP contribution < -0.4 is 11.1 Å². The monoisotopic (exact) mass is 714 g/mol. The first-order valence-electron chi connectivity index (χ1n) is 13.5. The molecule has 4 rings (SSSR count). The van der Waals surface area contributed by atoms with Gasteiger partial charge in [-0.15, -0.1) is 0 Å². The van der Waals surface area contributed by atoms with Crippen LogP contribution in [0.3, 0.4) is 0 Å². The van der Waals surface area contributed by atoms with Gasteiger partial charge >= 0.3 is 0 Å². The summed E-state index contributed by atoms with van der Waals surface area (Å²) in [5.41, 5.74) is 9.00. The predicted octanol–water partition coefficient (Wildman–Crippen LogP) is 8.67. The molecular weight excluding hydrogens is 676 g/mol. The number of carbonyl (C=O) groups is 2. The van der Waals surface area contributed by atoms with E-state index in [2.05, 4.69) is 37.2 Å². The molecule has 42 heavy (non-hydrogen) atoms. The fraction of sp³-hybridized carbons (Fsp3) is 0.257. The summed E-state index contributed by atoms with van der Waals surface area (Å²) in [6.07, 6.45) is 2.02. The Morgan fingerprint density at radius 3 is 1.21 bits per heavy atom. The van der Waals surface area contributed by atoms with Gasteiger partial charge in [-0.3, -0.25) is 9.59 Å². The van der Waals surface area contributed by atoms with E-state index < -0.39 is 0 Å². The maximum atomic E-state index is 12.5. The normalized spacial score (nSPS) is 9.95. The van der Waals surface area contributed by atoms with Gasteiger partial charge < -0.3 is 11.1 Å². The lowest BCUT2D eigenvalue weighted by atomic mass is 9.90. The Morgan fingerprint density at radius 2 is 0.952 bits per heavy atom. The van der Waals surface area contributed by atoms with Crippen LogP contribution in [0.4, 0.5) is 0 Å². The summed E-state index contributed by atoms with van der Waals surface area (Å²) in [5.74, 6) is -0.555. The van der Waals surface area contributed by atoms with E-state index in [1.165, 1.54) is 0 Å². The molecule has 4 nitrogen and oxygen atoms in total. The van der Waals surface area contributed by atoms with E-state index in [9.17, 15) is 9.59 Å². The Bertz CT molecular complexity index is 1170. The number of nitrogens with one attached hydrogen (secondary N) is 1. The topological polar surface area (TPSA) is 72.2 Å². The molecule has 0 aliphatic carbocycles. The molecule has 0 bridgehead atoms. The molecule has 0 aromatic heterocycles. The second kappa shape index (κ2) is 22.8. The highest BCUT2D eigenvalue weighted by Crippen LogP contribution is 2.27. The van der Waals surface area contributed by atoms with Crippen molar-refractivity contribution in [2.24, 2.45) is 5.73 Å². The fourth-order valence-corrected chi connectivity index (χ4v) is 4.85. The van der Waals surface area contributed by atoms with E-state index in [4.69, 9.17) is 17.3 Å². The van der Waals surface area contributed by atoms with Crippen molar-refractivity contribution in [3.05, 3.63) is 144 Å². The molecule has 3 N–H and O–H groups in total. The molecule has 0 atom stereocenters. The number of nitrogens with two attached hydrogens (primary N) is 1. The summed E-state index contributed by atoms with van der Waals surface area (Å²) < 4.78 is 0. The molecule has 0 aliphatic rings. The maximum absolute atomic E-state index is 12.5. The number of benzene rings is 4. The standard InChI is InChI=1S/C17H18BrNO.C14H11ClO.C3H8BrN.CH4/c18-12-7-13-19-17(20)16(14-8-3-1-4-9-14)15-10-5-2-6-11-15;15-14(16)13(11-7-3-1-4-8-11)12-9-5-2-6-10-12;4-2-1-3-5;/h1-6,8-11,16H,7,12-13H2,(H,19,20);1-10,13H;1-3,5H2;1H4. The number of hydrogen-bond donors (Lipinski definition) is 2. The third-order valence-corrected chi connectivity index (χ3v) is 7.31. The van der Waals surface area contributed by atoms with Gasteiger partial charge in [0.15, 0.2) is 0 Å². The highest BCUT2D eigenvalue weighted by Gasteiger charge is 2.22. The minimum atomic E-state index is -0.371. The highest BCUT2D eigenvalue weighted by molar-refractivity contribution is 9.09. The molecule has 224 valence electrons. The van der Waals surface area contributed by atoms with Crippen molar-refractivity contribution >= 4 is 54.6 Å². The Labute approximate surface area is 273 Å². The minimum Gasteiger partial charge on any atom is -0.355 e. The van der Waals surface area contributed by atoms with Crippen LogP contribution >= 0.6 is 43.5 Å². The Kier molecular flexibility index (Phi) is 20.2. The number of hydrogen-bond acceptors (Lipinski definition) is 3. The molecule has 0 spiro atoms. The fourth-order valence-electron chi connectivity index (χ4n) is 3.99. The molecule has 0 fully saturated rings. The van der Waals surface area contributed by atoms with E-state index >= 15 is 0 Å². The van der Waals surface area contributed by atoms with Crippen molar-refractivity contribution in [1.82, 2.24) is 5.32 Å². The van der Waals surface area contributed by atoms with E-state index in [0.717, 1.165) is 52.3 Å². The van der Waals surface area contributed by atoms with Crippen LogP contribution in [0.5, 0.6) is 0 Å². The average molecular weight is 717 g/mol. The molecule has 0 saturated heterocycles. The van der Waals surface area contributed by atoms with Gasteiger partial charge in [-0.05, 0) is 53.2 Å². The summed E-state index contributed by atoms with van der Waals surface area (Å²) in [6, 6.07) is 38.9. The predicted molar refractivity (Wildman–Crippen MR) is 186 cm³/mol. The minimum absolute atomic E-state index is 0. The van der Waals surface area contributed by atoms with Gasteiger partial charge in [-0.25, -0.2) is 0 Å². The zero-order valence-corrected chi connectivity index (χ0v) is 26.9. The van der Waals surface area contributed by atoms with Crippen LogP contribution in [-0.4, -0.2) is 34.9 Å². The first-order valence-corrected chi connectivity index (χ1v) is 16.1. The second-order valence-corrected chi connectivity index (χ2v) is 10.9. The van der Waals surface area contributed by atoms with Gasteiger partial charge in [0.05, 0.1) is 11.8 Å². The van der Waals surface area contributed by atoms with Crippen LogP contribution in [-0.2, 0) is 9.59 Å². The quantitative estimate of drug-likeness (QED) is 0.0928. The van der Waals surface area contributed by atoms with Gasteiger partial charge in [0.1, 0.15) is 0 Å². The summed E-state index contributed by atoms with van der Waals surface area (Å²) in [4.78, 5) is 24.0. The zero-order chi connectivity index (χ0) is 29.7. The molecule has 0 saturated carbocycles. The van der Waals surface area contributed by atoms with Crippen LogP contribution in [0.25, 0.3) is 0 Å². The number of rotatable bonds is 11. The first-order chi connectivity index (χ1) is 20.0. The zero-order valence-electron chi connectivity index (χ0n) is 23.0. The van der Waals surface area contributed by atoms with Crippen LogP contribution in [0.2, 0.25) is 0 Å². The summed E-state index contributed by atoms with van der Waals surface area (Å²) in [6.45, 7) is 1.49. The van der Waals surface area contributed by atoms with Gasteiger partial charge in [-0.2, -0.15) is 0 Å². The van der Waals surface area contributed by atoms with Gasteiger partial charge in [-0.1, -0.05) is 161 Å². The molecule has 7 heteroatoms. The van der Waals surface area contributed by atoms with Crippen molar-refractivity contribution in [1.29, 1.82) is 0 Å². The number of amides is 1. The lowest BCUT2D eigenvalue weighted by Gasteiger charge is -2.17. The van der Waals surface area contributed by atoms with E-state index in [1.807, 2.05) is 121 Å². The van der Waals surface area contributed by atoms with E-state index in [1.54, 1.807) is 0 Å². The highest BCUT2D eigenvalue weighted by atomic mass is 79.9. The van der Waals surface area contributed by atoms with Gasteiger partial charge in [0.2, 0.25) is 11.1 Å². The largest absolute Gasteiger partial charge is 0.355 e. The molecule has 0 unspecified atom stereocenters. The number of alkyl halides is 2. The van der Waals surface area contributed by atoms with Gasteiger partial charge in [0.25, 0.3) is 0 Å². The Hall–Kier alpha value is -2.77. The number of halogens is 3. The van der Waals surface area contributed by atoms with Crippen molar-refractivity contribution in [2.75, 3.05) is 23.7 Å². The van der Waals surface area contributed by atoms with Gasteiger partial charge in [0, 0.05) is 17.2 Å². The lowest BCUT2D eigenvalue weighted by Crippen LogP contribution is -2.31. The van der Waals surface area contributed by atoms with E-state index in [-0.39, 0.29) is 30.4 Å². The van der Waals surface area contributed by atoms with Crippen LogP contribution in [0, 0.1) is 0 Å². The third-order valence-electron chi connectivity index (χ3n) is 5.97. The maximum Gasteiger partial charge on any atom is 0.233 e. The second-order valence-electron chi connectivity index (χ2n) is 8.98. The summed E-state index contributed by atoms with van der Waals surface area (Å²) in [5, 5.41) is 4.59. The molecule has 1 amide bonds. The summed E-state index contributed by atoms with van der Waals surface area (Å²) in [7, 11) is 0. The molecular formula is C35H41Br2ClN2O2. The van der Waals surface area contributed by atoms with Crippen molar-refractivity contribution in [3.63, 3.8) is 0 Å². The molecule has 0 heterocycles. The summed E-state index contributed by atoms with van der Waals surface area (Å²) >= 11 is 12.3. The first kappa shape index (κ1) is 37.3. The SMILES string of the molecule is C.NCCCBr.O=C(Cl)C(c1ccccc1)c1ccccc1.O=C(NCCCBr)C(c1ccccc1)c1ccccc1. The molecule has 0 radical (unpaired) electrons. The van der Waals surface area contributed by atoms with Crippen LogP contribution in [0.15, 0.2) is 121 Å². The Balaban J connectivity index is 0.000000360. The molecule has 4 aromatic rings. The third kappa shape index (κ3) is 13.5. The van der Waals surface area contributed by atoms with E-state index in [0.29, 0.717) is 6.54 Å². The Morgan fingerprint density at radius 1 is 0.619 bits per heavy atom. The van der Waals surface area contributed by atoms with Crippen LogP contribution in [0.1, 0.15) is 54.4 Å². The molecule has 0 aliphatic heterocycles. The number of carbonyl (C=O) groups excluding carboxylic acids is 2.